The number of benzene rings is 1. The normalized spacial score (nSPS) is 20.0. The summed E-state index contributed by atoms with van der Waals surface area (Å²) in [6.45, 7) is 5.11. The fourth-order valence-electron chi connectivity index (χ4n) is 2.43. The molecule has 1 aromatic rings. The molecular formula is C15H24N2O. The second kappa shape index (κ2) is 7.39. The molecule has 1 aliphatic heterocycles. The lowest BCUT2D eigenvalue weighted by Crippen LogP contribution is -2.33. The van der Waals surface area contributed by atoms with Gasteiger partial charge in [-0.25, -0.2) is 0 Å². The lowest BCUT2D eigenvalue weighted by molar-refractivity contribution is 0.0425. The van der Waals surface area contributed by atoms with Gasteiger partial charge in [-0.3, -0.25) is 0 Å². The molecule has 0 aliphatic carbocycles. The Bertz CT molecular complexity index is 323. The summed E-state index contributed by atoms with van der Waals surface area (Å²) in [5, 5.41) is 3.44. The SMILES string of the molecule is CN(CCNc1ccccc1)CC1CCCOC1. The molecular weight excluding hydrogens is 224 g/mol. The van der Waals surface area contributed by atoms with Crippen LogP contribution in [0.1, 0.15) is 12.8 Å². The first-order chi connectivity index (χ1) is 8.84. The number of likely N-dealkylation sites (N-methyl/N-ethyl adjacent to an activating group) is 1. The summed E-state index contributed by atoms with van der Waals surface area (Å²) in [6, 6.07) is 10.4. The van der Waals surface area contributed by atoms with Crippen LogP contribution >= 0.6 is 0 Å². The van der Waals surface area contributed by atoms with Gasteiger partial charge in [0.15, 0.2) is 0 Å². The quantitative estimate of drug-likeness (QED) is 0.837. The summed E-state index contributed by atoms with van der Waals surface area (Å²) in [5.74, 6) is 0.723. The van der Waals surface area contributed by atoms with Crippen LogP contribution in [0.5, 0.6) is 0 Å². The zero-order chi connectivity index (χ0) is 12.6. The molecule has 0 amide bonds. The van der Waals surface area contributed by atoms with Crippen molar-refractivity contribution in [3.8, 4) is 0 Å². The molecule has 0 aromatic heterocycles. The summed E-state index contributed by atoms with van der Waals surface area (Å²) < 4.78 is 5.51. The summed E-state index contributed by atoms with van der Waals surface area (Å²) in [7, 11) is 2.20. The Morgan fingerprint density at radius 2 is 2.17 bits per heavy atom. The van der Waals surface area contributed by atoms with Gasteiger partial charge in [-0.15, -0.1) is 0 Å². The molecule has 1 fully saturated rings. The van der Waals surface area contributed by atoms with Gasteiger partial charge in [0.1, 0.15) is 0 Å². The highest BCUT2D eigenvalue weighted by Crippen LogP contribution is 2.14. The first-order valence-electron chi connectivity index (χ1n) is 6.90. The second-order valence-corrected chi connectivity index (χ2v) is 5.14. The zero-order valence-corrected chi connectivity index (χ0v) is 11.3. The third-order valence-corrected chi connectivity index (χ3v) is 3.42. The Labute approximate surface area is 110 Å². The lowest BCUT2D eigenvalue weighted by Gasteiger charge is -2.27. The minimum absolute atomic E-state index is 0.723. The Morgan fingerprint density at radius 1 is 1.33 bits per heavy atom. The molecule has 100 valence electrons. The van der Waals surface area contributed by atoms with Crippen molar-refractivity contribution in [2.75, 3.05) is 45.2 Å². The molecule has 18 heavy (non-hydrogen) atoms. The smallest absolute Gasteiger partial charge is 0.0506 e. The molecule has 2 rings (SSSR count). The molecule has 0 spiro atoms. The largest absolute Gasteiger partial charge is 0.384 e. The molecule has 1 saturated heterocycles. The molecule has 0 saturated carbocycles. The van der Waals surface area contributed by atoms with Gasteiger partial charge in [-0.2, -0.15) is 0 Å². The van der Waals surface area contributed by atoms with Gasteiger partial charge in [0.25, 0.3) is 0 Å². The fraction of sp³-hybridized carbons (Fsp3) is 0.600. The van der Waals surface area contributed by atoms with Gasteiger partial charge in [0.2, 0.25) is 0 Å². The molecule has 0 bridgehead atoms. The lowest BCUT2D eigenvalue weighted by atomic mass is 10.0. The molecule has 1 aliphatic rings. The summed E-state index contributed by atoms with van der Waals surface area (Å²) in [6.07, 6.45) is 2.54. The van der Waals surface area contributed by atoms with Crippen LogP contribution in [0.25, 0.3) is 0 Å². The highest BCUT2D eigenvalue weighted by atomic mass is 16.5. The van der Waals surface area contributed by atoms with E-state index in [1.807, 2.05) is 6.07 Å². The van der Waals surface area contributed by atoms with Crippen molar-refractivity contribution in [3.05, 3.63) is 30.3 Å². The molecule has 1 N–H and O–H groups in total. The highest BCUT2D eigenvalue weighted by molar-refractivity contribution is 5.42. The van der Waals surface area contributed by atoms with Crippen LogP contribution in [0.2, 0.25) is 0 Å². The van der Waals surface area contributed by atoms with Gasteiger partial charge in [-0.1, -0.05) is 18.2 Å². The van der Waals surface area contributed by atoms with Crippen LogP contribution in [-0.4, -0.2) is 44.8 Å². The van der Waals surface area contributed by atoms with E-state index >= 15 is 0 Å². The highest BCUT2D eigenvalue weighted by Gasteiger charge is 2.15. The predicted molar refractivity (Wildman–Crippen MR) is 76.0 cm³/mol. The molecule has 1 atom stereocenters. The van der Waals surface area contributed by atoms with Crippen LogP contribution in [0, 0.1) is 5.92 Å². The number of nitrogens with zero attached hydrogens (tertiary/aromatic N) is 1. The molecule has 0 radical (unpaired) electrons. The first-order valence-corrected chi connectivity index (χ1v) is 6.90. The number of hydrogen-bond acceptors (Lipinski definition) is 3. The van der Waals surface area contributed by atoms with Gasteiger partial charge in [0.05, 0.1) is 6.61 Å². The summed E-state index contributed by atoms with van der Waals surface area (Å²) in [5.41, 5.74) is 1.20. The Balaban J connectivity index is 1.61. The molecule has 3 nitrogen and oxygen atoms in total. The molecule has 3 heteroatoms. The number of nitrogens with one attached hydrogen (secondary N) is 1. The maximum atomic E-state index is 5.51. The van der Waals surface area contributed by atoms with Crippen molar-refractivity contribution in [1.29, 1.82) is 0 Å². The van der Waals surface area contributed by atoms with Crippen molar-refractivity contribution in [1.82, 2.24) is 4.90 Å². The van der Waals surface area contributed by atoms with Crippen molar-refractivity contribution >= 4 is 5.69 Å². The molecule has 1 aromatic carbocycles. The summed E-state index contributed by atoms with van der Waals surface area (Å²) in [4.78, 5) is 2.40. The van der Waals surface area contributed by atoms with E-state index in [-0.39, 0.29) is 0 Å². The zero-order valence-electron chi connectivity index (χ0n) is 11.3. The van der Waals surface area contributed by atoms with Gasteiger partial charge in [0, 0.05) is 31.9 Å². The Morgan fingerprint density at radius 3 is 2.89 bits per heavy atom. The third-order valence-electron chi connectivity index (χ3n) is 3.42. The van der Waals surface area contributed by atoms with Crippen LogP contribution in [-0.2, 0) is 4.74 Å². The Hall–Kier alpha value is -1.06. The minimum atomic E-state index is 0.723. The van der Waals surface area contributed by atoms with Crippen LogP contribution in [0.15, 0.2) is 30.3 Å². The van der Waals surface area contributed by atoms with Crippen molar-refractivity contribution < 1.29 is 4.74 Å². The standard InChI is InChI=1S/C15H24N2O/c1-17(12-14-6-5-11-18-13-14)10-9-16-15-7-3-2-4-8-15/h2-4,7-8,14,16H,5-6,9-13H2,1H3. The van der Waals surface area contributed by atoms with Crippen molar-refractivity contribution in [2.24, 2.45) is 5.92 Å². The predicted octanol–water partition coefficient (Wildman–Crippen LogP) is 2.46. The van der Waals surface area contributed by atoms with Gasteiger partial charge in [-0.05, 0) is 37.9 Å². The van der Waals surface area contributed by atoms with Crippen molar-refractivity contribution in [3.63, 3.8) is 0 Å². The van der Waals surface area contributed by atoms with E-state index in [1.54, 1.807) is 0 Å². The topological polar surface area (TPSA) is 24.5 Å². The van der Waals surface area contributed by atoms with E-state index in [2.05, 4.69) is 41.5 Å². The maximum absolute atomic E-state index is 5.51. The minimum Gasteiger partial charge on any atom is -0.384 e. The van der Waals surface area contributed by atoms with Crippen molar-refractivity contribution in [2.45, 2.75) is 12.8 Å². The average molecular weight is 248 g/mol. The molecule has 1 unspecified atom stereocenters. The van der Waals surface area contributed by atoms with Crippen LogP contribution < -0.4 is 5.32 Å². The monoisotopic (exact) mass is 248 g/mol. The maximum Gasteiger partial charge on any atom is 0.0506 e. The van der Waals surface area contributed by atoms with E-state index in [0.717, 1.165) is 38.8 Å². The molecule has 1 heterocycles. The van der Waals surface area contributed by atoms with Crippen LogP contribution in [0.3, 0.4) is 0 Å². The Kier molecular flexibility index (Phi) is 5.49. The van der Waals surface area contributed by atoms with E-state index in [9.17, 15) is 0 Å². The third kappa shape index (κ3) is 4.67. The number of ether oxygens (including phenoxy) is 1. The first kappa shape index (κ1) is 13.4. The van der Waals surface area contributed by atoms with E-state index in [0.29, 0.717) is 0 Å². The second-order valence-electron chi connectivity index (χ2n) is 5.14. The van der Waals surface area contributed by atoms with E-state index in [1.165, 1.54) is 18.5 Å². The van der Waals surface area contributed by atoms with E-state index < -0.39 is 0 Å². The fourth-order valence-corrected chi connectivity index (χ4v) is 2.43. The van der Waals surface area contributed by atoms with E-state index in [4.69, 9.17) is 4.74 Å². The number of anilines is 1. The number of para-hydroxylation sites is 1. The average Bonchev–Trinajstić information content (AvgIpc) is 2.41. The summed E-state index contributed by atoms with van der Waals surface area (Å²) >= 11 is 0. The number of hydrogen-bond donors (Lipinski definition) is 1. The van der Waals surface area contributed by atoms with Crippen LogP contribution in [0.4, 0.5) is 5.69 Å². The van der Waals surface area contributed by atoms with Gasteiger partial charge < -0.3 is 15.0 Å². The number of rotatable bonds is 6. The van der Waals surface area contributed by atoms with Gasteiger partial charge >= 0.3 is 0 Å².